The molecule has 1 aliphatic heterocycles. The Hall–Kier alpha value is -2.28. The van der Waals surface area contributed by atoms with Crippen molar-refractivity contribution in [2.45, 2.75) is 63.9 Å². The minimum absolute atomic E-state index is 0.164. The molecule has 3 atom stereocenters. The smallest absolute Gasteiger partial charge is 0.229 e. The van der Waals surface area contributed by atoms with Crippen molar-refractivity contribution in [3.05, 3.63) is 40.7 Å². The molecule has 31 heavy (non-hydrogen) atoms. The van der Waals surface area contributed by atoms with Crippen molar-refractivity contribution in [1.82, 2.24) is 25.5 Å². The number of amides is 1. The van der Waals surface area contributed by atoms with Gasteiger partial charge < -0.3 is 9.64 Å². The van der Waals surface area contributed by atoms with Crippen LogP contribution in [-0.2, 0) is 14.9 Å². The zero-order chi connectivity index (χ0) is 21.2. The van der Waals surface area contributed by atoms with Crippen molar-refractivity contribution in [3.8, 4) is 0 Å². The van der Waals surface area contributed by atoms with Crippen LogP contribution in [-0.4, -0.2) is 51.1 Å². The maximum absolute atomic E-state index is 14.1. The number of nitrogens with zero attached hydrogens (tertiary/aromatic N) is 4. The monoisotopic (exact) mass is 421 g/mol. The Morgan fingerprint density at radius 3 is 2.68 bits per heavy atom. The molecule has 7 rings (SSSR count). The van der Waals surface area contributed by atoms with Crippen molar-refractivity contribution in [1.29, 1.82) is 0 Å². The third kappa shape index (κ3) is 3.04. The second kappa shape index (κ2) is 6.86. The summed E-state index contributed by atoms with van der Waals surface area (Å²) < 4.78 is 5.86. The molecule has 7 heteroatoms. The highest BCUT2D eigenvalue weighted by molar-refractivity contribution is 5.84. The summed E-state index contributed by atoms with van der Waals surface area (Å²) in [6, 6.07) is 7.02. The molecule has 5 fully saturated rings. The highest BCUT2D eigenvalue weighted by Crippen LogP contribution is 2.66. The molecule has 3 unspecified atom stereocenters. The molecule has 2 heterocycles. The molecule has 1 amide bonds. The summed E-state index contributed by atoms with van der Waals surface area (Å²) in [7, 11) is 0. The quantitative estimate of drug-likeness (QED) is 0.822. The number of benzene rings is 1. The Balaban J connectivity index is 1.31. The van der Waals surface area contributed by atoms with Crippen LogP contribution in [0.3, 0.4) is 0 Å². The number of hydrogen-bond acceptors (Lipinski definition) is 5. The van der Waals surface area contributed by atoms with Crippen molar-refractivity contribution in [2.24, 2.45) is 17.3 Å². The van der Waals surface area contributed by atoms with E-state index >= 15 is 0 Å². The number of aryl methyl sites for hydroxylation is 2. The van der Waals surface area contributed by atoms with Gasteiger partial charge >= 0.3 is 0 Å². The van der Waals surface area contributed by atoms with E-state index in [-0.39, 0.29) is 16.9 Å². The van der Waals surface area contributed by atoms with Crippen molar-refractivity contribution < 1.29 is 9.53 Å². The molecule has 0 radical (unpaired) electrons. The number of tetrazole rings is 1. The highest BCUT2D eigenvalue weighted by Gasteiger charge is 2.61. The van der Waals surface area contributed by atoms with Gasteiger partial charge in [0.05, 0.1) is 18.6 Å². The van der Waals surface area contributed by atoms with E-state index in [0.717, 1.165) is 19.3 Å². The molecule has 1 aromatic carbocycles. The summed E-state index contributed by atoms with van der Waals surface area (Å²) in [5.41, 5.74) is 4.12. The molecule has 4 aliphatic carbocycles. The van der Waals surface area contributed by atoms with E-state index < -0.39 is 0 Å². The standard InChI is InChI=1S/C24H31N5O2/c1-15-3-4-19(7-16(15)2)23-9-17-8-18(10-23)12-24(11-17,14-23)22(30)29-5-6-31-20(13-29)21-25-27-28-26-21/h3-4,7,17-18,20H,5-6,8-14H2,1-2H3,(H,25,26,27,28). The van der Waals surface area contributed by atoms with Crippen LogP contribution in [0.2, 0.25) is 0 Å². The molecule has 2 aromatic rings. The fraction of sp³-hybridized carbons (Fsp3) is 0.667. The van der Waals surface area contributed by atoms with Crippen LogP contribution in [0.25, 0.3) is 0 Å². The van der Waals surface area contributed by atoms with Gasteiger partial charge in [0, 0.05) is 6.54 Å². The van der Waals surface area contributed by atoms with Crippen LogP contribution in [0, 0.1) is 31.1 Å². The Bertz CT molecular complexity index is 989. The van der Waals surface area contributed by atoms with Crippen LogP contribution in [0.5, 0.6) is 0 Å². The fourth-order valence-electron chi connectivity index (χ4n) is 7.55. The molecule has 4 saturated carbocycles. The normalized spacial score (nSPS) is 36.7. The predicted molar refractivity (Wildman–Crippen MR) is 114 cm³/mol. The molecular weight excluding hydrogens is 390 g/mol. The summed E-state index contributed by atoms with van der Waals surface area (Å²) in [6.07, 6.45) is 6.61. The second-order valence-corrected chi connectivity index (χ2v) is 10.7. The second-order valence-electron chi connectivity index (χ2n) is 10.7. The average molecular weight is 422 g/mol. The van der Waals surface area contributed by atoms with Gasteiger partial charge in [-0.3, -0.25) is 4.79 Å². The van der Waals surface area contributed by atoms with E-state index in [4.69, 9.17) is 4.74 Å². The first-order valence-electron chi connectivity index (χ1n) is 11.7. The lowest BCUT2D eigenvalue weighted by molar-refractivity contribution is -0.167. The lowest BCUT2D eigenvalue weighted by Gasteiger charge is -2.62. The Morgan fingerprint density at radius 1 is 1.16 bits per heavy atom. The number of H-pyrrole nitrogens is 1. The average Bonchev–Trinajstić information content (AvgIpc) is 3.29. The molecular formula is C24H31N5O2. The van der Waals surface area contributed by atoms with Gasteiger partial charge in [-0.25, -0.2) is 0 Å². The van der Waals surface area contributed by atoms with Crippen LogP contribution in [0.15, 0.2) is 18.2 Å². The largest absolute Gasteiger partial charge is 0.366 e. The number of rotatable bonds is 3. The predicted octanol–water partition coefficient (Wildman–Crippen LogP) is 3.25. The highest BCUT2D eigenvalue weighted by atomic mass is 16.5. The van der Waals surface area contributed by atoms with Crippen LogP contribution in [0.4, 0.5) is 0 Å². The number of carbonyl (C=O) groups excluding carboxylic acids is 1. The fourth-order valence-corrected chi connectivity index (χ4v) is 7.55. The lowest BCUT2D eigenvalue weighted by atomic mass is 9.42. The molecule has 4 bridgehead atoms. The molecule has 7 nitrogen and oxygen atoms in total. The van der Waals surface area contributed by atoms with Gasteiger partial charge in [0.15, 0.2) is 0 Å². The molecule has 1 aromatic heterocycles. The summed E-state index contributed by atoms with van der Waals surface area (Å²) in [5.74, 6) is 2.21. The van der Waals surface area contributed by atoms with Gasteiger partial charge in [-0.1, -0.05) is 23.4 Å². The molecule has 0 spiro atoms. The third-order valence-corrected chi connectivity index (χ3v) is 8.64. The first-order chi connectivity index (χ1) is 15.0. The van der Waals surface area contributed by atoms with Gasteiger partial charge in [0.1, 0.15) is 6.10 Å². The van der Waals surface area contributed by atoms with Crippen LogP contribution in [0.1, 0.15) is 67.1 Å². The van der Waals surface area contributed by atoms with E-state index in [1.165, 1.54) is 36.0 Å². The Labute approximate surface area is 182 Å². The maximum atomic E-state index is 14.1. The zero-order valence-electron chi connectivity index (χ0n) is 18.4. The number of aromatic amines is 1. The van der Waals surface area contributed by atoms with E-state index in [1.54, 1.807) is 0 Å². The molecule has 5 aliphatic rings. The van der Waals surface area contributed by atoms with Gasteiger partial charge in [0.2, 0.25) is 11.7 Å². The minimum Gasteiger partial charge on any atom is -0.366 e. The van der Waals surface area contributed by atoms with Crippen molar-refractivity contribution >= 4 is 5.91 Å². The minimum atomic E-state index is -0.293. The summed E-state index contributed by atoms with van der Waals surface area (Å²) in [5, 5.41) is 14.3. The third-order valence-electron chi connectivity index (χ3n) is 8.64. The topological polar surface area (TPSA) is 84.0 Å². The van der Waals surface area contributed by atoms with Crippen molar-refractivity contribution in [3.63, 3.8) is 0 Å². The van der Waals surface area contributed by atoms with Gasteiger partial charge in [-0.2, -0.15) is 5.21 Å². The molecule has 1 saturated heterocycles. The van der Waals surface area contributed by atoms with Gasteiger partial charge in [-0.05, 0) is 86.3 Å². The van der Waals surface area contributed by atoms with Gasteiger partial charge in [-0.15, -0.1) is 10.2 Å². The number of hydrogen-bond donors (Lipinski definition) is 1. The number of nitrogens with one attached hydrogen (secondary N) is 1. The number of carbonyl (C=O) groups is 1. The summed E-state index contributed by atoms with van der Waals surface area (Å²) >= 11 is 0. The van der Waals surface area contributed by atoms with E-state index in [2.05, 4.69) is 52.7 Å². The van der Waals surface area contributed by atoms with E-state index in [1.807, 2.05) is 4.90 Å². The maximum Gasteiger partial charge on any atom is 0.229 e. The molecule has 1 N–H and O–H groups in total. The first kappa shape index (κ1) is 19.4. The molecule has 164 valence electrons. The summed E-state index contributed by atoms with van der Waals surface area (Å²) in [6.45, 7) is 6.09. The Kier molecular flexibility index (Phi) is 4.29. The van der Waals surface area contributed by atoms with Crippen LogP contribution >= 0.6 is 0 Å². The number of aromatic nitrogens is 4. The Morgan fingerprint density at radius 2 is 1.97 bits per heavy atom. The van der Waals surface area contributed by atoms with E-state index in [9.17, 15) is 4.79 Å². The SMILES string of the molecule is Cc1ccc(C23CC4CC(CC(C(=O)N5CCOC(c6nn[nH]n6)C5)(C4)C2)C3)cc1C. The zero-order valence-corrected chi connectivity index (χ0v) is 18.4. The first-order valence-corrected chi connectivity index (χ1v) is 11.7. The summed E-state index contributed by atoms with van der Waals surface area (Å²) in [4.78, 5) is 16.1. The van der Waals surface area contributed by atoms with Crippen molar-refractivity contribution in [2.75, 3.05) is 19.7 Å². The number of morpholine rings is 1. The van der Waals surface area contributed by atoms with E-state index in [0.29, 0.717) is 43.3 Å². The van der Waals surface area contributed by atoms with Crippen LogP contribution < -0.4 is 0 Å². The number of ether oxygens (including phenoxy) is 1. The van der Waals surface area contributed by atoms with Gasteiger partial charge in [0.25, 0.3) is 0 Å². The lowest BCUT2D eigenvalue weighted by Crippen LogP contribution is -2.60.